The van der Waals surface area contributed by atoms with E-state index in [-0.39, 0.29) is 23.7 Å². The van der Waals surface area contributed by atoms with Gasteiger partial charge in [0.05, 0.1) is 32.5 Å². The van der Waals surface area contributed by atoms with Crippen LogP contribution in [0.4, 0.5) is 10.5 Å². The Morgan fingerprint density at radius 2 is 1.91 bits per heavy atom. The van der Waals surface area contributed by atoms with Crippen LogP contribution in [0.25, 0.3) is 6.08 Å². The number of thioether (sulfide) groups is 1. The largest absolute Gasteiger partial charge is 0.488 e. The molecule has 35 heavy (non-hydrogen) atoms. The molecule has 8 nitrogen and oxygen atoms in total. The SMILES string of the molecule is N#Cc1ccccc1CN1C(=O)S/C(=C/c2ccc(OCc3cccc([N+](=O)[O-])c3)c(Br)c2)C1=O. The van der Waals surface area contributed by atoms with Crippen molar-refractivity contribution < 1.29 is 19.2 Å². The van der Waals surface area contributed by atoms with Gasteiger partial charge in [-0.15, -0.1) is 0 Å². The highest BCUT2D eigenvalue weighted by Gasteiger charge is 2.35. The first-order valence-corrected chi connectivity index (χ1v) is 11.9. The van der Waals surface area contributed by atoms with Crippen molar-refractivity contribution in [3.05, 3.63) is 108 Å². The molecule has 1 saturated heterocycles. The molecule has 0 saturated carbocycles. The lowest BCUT2D eigenvalue weighted by Crippen LogP contribution is -2.27. The summed E-state index contributed by atoms with van der Waals surface area (Å²) in [6, 6.07) is 20.3. The molecule has 10 heteroatoms. The monoisotopic (exact) mass is 549 g/mol. The number of carbonyl (C=O) groups excluding carboxylic acids is 2. The Hall–Kier alpha value is -3.94. The fraction of sp³-hybridized carbons (Fsp3) is 0.0800. The van der Waals surface area contributed by atoms with Gasteiger partial charge in [0.1, 0.15) is 12.4 Å². The zero-order chi connectivity index (χ0) is 24.9. The second kappa shape index (κ2) is 10.5. The number of nitriles is 1. The average Bonchev–Trinajstić information content (AvgIpc) is 3.11. The van der Waals surface area contributed by atoms with Crippen LogP contribution >= 0.6 is 27.7 Å². The van der Waals surface area contributed by atoms with Gasteiger partial charge < -0.3 is 4.74 Å². The zero-order valence-electron chi connectivity index (χ0n) is 18.0. The van der Waals surface area contributed by atoms with Crippen molar-refractivity contribution >= 4 is 50.6 Å². The van der Waals surface area contributed by atoms with E-state index < -0.39 is 16.1 Å². The van der Waals surface area contributed by atoms with E-state index in [1.54, 1.807) is 60.7 Å². The number of hydrogen-bond acceptors (Lipinski definition) is 7. The summed E-state index contributed by atoms with van der Waals surface area (Å²) in [6.45, 7) is 0.169. The van der Waals surface area contributed by atoms with Crippen LogP contribution in [0.5, 0.6) is 5.75 Å². The van der Waals surface area contributed by atoms with Crippen molar-refractivity contribution in [1.29, 1.82) is 5.26 Å². The average molecular weight is 550 g/mol. The van der Waals surface area contributed by atoms with Crippen molar-refractivity contribution in [1.82, 2.24) is 4.90 Å². The minimum Gasteiger partial charge on any atom is -0.488 e. The Bertz CT molecular complexity index is 1420. The van der Waals surface area contributed by atoms with Gasteiger partial charge in [-0.05, 0) is 68.7 Å². The molecule has 3 aromatic carbocycles. The van der Waals surface area contributed by atoms with Crippen molar-refractivity contribution in [2.45, 2.75) is 13.2 Å². The zero-order valence-corrected chi connectivity index (χ0v) is 20.4. The molecule has 1 aliphatic rings. The Morgan fingerprint density at radius 1 is 1.11 bits per heavy atom. The van der Waals surface area contributed by atoms with Gasteiger partial charge in [-0.1, -0.05) is 36.4 Å². The van der Waals surface area contributed by atoms with Gasteiger partial charge in [-0.2, -0.15) is 5.26 Å². The van der Waals surface area contributed by atoms with E-state index in [4.69, 9.17) is 4.74 Å². The normalized spacial score (nSPS) is 14.3. The van der Waals surface area contributed by atoms with Gasteiger partial charge in [0.15, 0.2) is 0 Å². The molecule has 0 N–H and O–H groups in total. The van der Waals surface area contributed by atoms with Crippen LogP contribution in [-0.4, -0.2) is 21.0 Å². The molecule has 174 valence electrons. The lowest BCUT2D eigenvalue weighted by molar-refractivity contribution is -0.384. The number of nitrogens with zero attached hydrogens (tertiary/aromatic N) is 3. The van der Waals surface area contributed by atoms with Crippen molar-refractivity contribution in [3.8, 4) is 11.8 Å². The van der Waals surface area contributed by atoms with E-state index in [0.717, 1.165) is 16.7 Å². The van der Waals surface area contributed by atoms with Crippen LogP contribution in [-0.2, 0) is 17.9 Å². The molecule has 2 amide bonds. The predicted octanol–water partition coefficient (Wildman–Crippen LogP) is 6.04. The van der Waals surface area contributed by atoms with E-state index in [0.29, 0.717) is 32.5 Å². The minimum atomic E-state index is -0.460. The summed E-state index contributed by atoms with van der Waals surface area (Å²) in [5, 5.41) is 19.8. The summed E-state index contributed by atoms with van der Waals surface area (Å²) in [5.74, 6) is 0.102. The topological polar surface area (TPSA) is 114 Å². The van der Waals surface area contributed by atoms with Crippen LogP contribution in [0.1, 0.15) is 22.3 Å². The summed E-state index contributed by atoms with van der Waals surface area (Å²) in [6.07, 6.45) is 1.62. The van der Waals surface area contributed by atoms with Crippen LogP contribution in [0.2, 0.25) is 0 Å². The van der Waals surface area contributed by atoms with Crippen LogP contribution in [0.15, 0.2) is 76.1 Å². The highest BCUT2D eigenvalue weighted by atomic mass is 79.9. The number of halogens is 1. The van der Waals surface area contributed by atoms with E-state index in [1.807, 2.05) is 0 Å². The molecule has 0 unspecified atom stereocenters. The molecule has 0 radical (unpaired) electrons. The predicted molar refractivity (Wildman–Crippen MR) is 134 cm³/mol. The van der Waals surface area contributed by atoms with Crippen LogP contribution in [0, 0.1) is 21.4 Å². The maximum Gasteiger partial charge on any atom is 0.293 e. The lowest BCUT2D eigenvalue weighted by Gasteiger charge is -2.13. The second-order valence-corrected chi connectivity index (χ2v) is 9.29. The van der Waals surface area contributed by atoms with Crippen molar-refractivity contribution in [3.63, 3.8) is 0 Å². The molecule has 0 aromatic heterocycles. The number of nitro groups is 1. The highest BCUT2D eigenvalue weighted by molar-refractivity contribution is 9.10. The Morgan fingerprint density at radius 3 is 2.66 bits per heavy atom. The van der Waals surface area contributed by atoms with Crippen LogP contribution in [0.3, 0.4) is 0 Å². The first-order valence-electron chi connectivity index (χ1n) is 10.2. The number of hydrogen-bond donors (Lipinski definition) is 0. The molecule has 0 aliphatic carbocycles. The molecular formula is C25H16BrN3O5S. The molecule has 1 fully saturated rings. The van der Waals surface area contributed by atoms with E-state index >= 15 is 0 Å². The number of carbonyl (C=O) groups is 2. The molecule has 4 rings (SSSR count). The Balaban J connectivity index is 1.46. The molecule has 0 bridgehead atoms. The maximum atomic E-state index is 12.9. The van der Waals surface area contributed by atoms with E-state index in [1.165, 1.54) is 12.1 Å². The smallest absolute Gasteiger partial charge is 0.293 e. The van der Waals surface area contributed by atoms with Gasteiger partial charge in [0.2, 0.25) is 0 Å². The fourth-order valence-corrected chi connectivity index (χ4v) is 4.72. The van der Waals surface area contributed by atoms with E-state index in [9.17, 15) is 25.0 Å². The van der Waals surface area contributed by atoms with Crippen molar-refractivity contribution in [2.75, 3.05) is 0 Å². The van der Waals surface area contributed by atoms with Crippen molar-refractivity contribution in [2.24, 2.45) is 0 Å². The molecule has 1 heterocycles. The molecule has 1 aliphatic heterocycles. The summed E-state index contributed by atoms with van der Waals surface area (Å²) < 4.78 is 6.40. The summed E-state index contributed by atoms with van der Waals surface area (Å²) >= 11 is 4.29. The van der Waals surface area contributed by atoms with Crippen LogP contribution < -0.4 is 4.74 Å². The highest BCUT2D eigenvalue weighted by Crippen LogP contribution is 2.35. The first kappa shape index (κ1) is 24.2. The Kier molecular flexibility index (Phi) is 7.29. The fourth-order valence-electron chi connectivity index (χ4n) is 3.37. The number of benzene rings is 3. The van der Waals surface area contributed by atoms with Gasteiger partial charge >= 0.3 is 0 Å². The van der Waals surface area contributed by atoms with Gasteiger partial charge in [0.25, 0.3) is 16.8 Å². The summed E-state index contributed by atoms with van der Waals surface area (Å²) in [5.41, 5.74) is 2.35. The number of imide groups is 1. The standard InChI is InChI=1S/C25H16BrN3O5S/c26-21-11-16(8-9-22(21)34-15-17-4-3-7-20(10-17)29(32)33)12-23-24(30)28(25(31)35-23)14-19-6-2-1-5-18(19)13-27/h1-12H,14-15H2/b23-12+. The quantitative estimate of drug-likeness (QED) is 0.200. The number of nitro benzene ring substituents is 1. The van der Waals surface area contributed by atoms with Gasteiger partial charge in [-0.3, -0.25) is 24.6 Å². The molecular weight excluding hydrogens is 534 g/mol. The second-order valence-electron chi connectivity index (χ2n) is 7.44. The van der Waals surface area contributed by atoms with E-state index in [2.05, 4.69) is 22.0 Å². The van der Waals surface area contributed by atoms with Gasteiger partial charge in [-0.25, -0.2) is 0 Å². The molecule has 0 atom stereocenters. The number of rotatable bonds is 7. The third-order valence-electron chi connectivity index (χ3n) is 5.11. The minimum absolute atomic E-state index is 0.00873. The number of non-ortho nitro benzene ring substituents is 1. The first-order chi connectivity index (χ1) is 16.9. The third-order valence-corrected chi connectivity index (χ3v) is 6.64. The lowest BCUT2D eigenvalue weighted by atomic mass is 10.1. The Labute approximate surface area is 213 Å². The molecule has 3 aromatic rings. The number of amides is 2. The third kappa shape index (κ3) is 5.59. The summed E-state index contributed by atoms with van der Waals surface area (Å²) in [4.78, 5) is 37.2. The van der Waals surface area contributed by atoms with Gasteiger partial charge in [0, 0.05) is 12.1 Å². The summed E-state index contributed by atoms with van der Waals surface area (Å²) in [7, 11) is 0. The number of ether oxygens (including phenoxy) is 1. The maximum absolute atomic E-state index is 12.9. The molecule has 0 spiro atoms.